The van der Waals surface area contributed by atoms with Gasteiger partial charge in [-0.2, -0.15) is 0 Å². The van der Waals surface area contributed by atoms with Gasteiger partial charge >= 0.3 is 0 Å². The average molecular weight is 242 g/mol. The molecule has 2 heteroatoms. The summed E-state index contributed by atoms with van der Waals surface area (Å²) in [6.07, 6.45) is 8.82. The van der Waals surface area contributed by atoms with Crippen molar-refractivity contribution in [2.24, 2.45) is 5.73 Å². The van der Waals surface area contributed by atoms with Crippen LogP contribution in [0.15, 0.2) is 0 Å². The minimum atomic E-state index is 0.263. The molecule has 2 N–H and O–H groups in total. The largest absolute Gasteiger partial charge is 0.329 e. The van der Waals surface area contributed by atoms with Gasteiger partial charge in [0.15, 0.2) is 0 Å². The number of rotatable bonds is 11. The summed E-state index contributed by atoms with van der Waals surface area (Å²) in [4.78, 5) is 2.68. The lowest BCUT2D eigenvalue weighted by Crippen LogP contribution is -2.54. The molecule has 0 aromatic carbocycles. The van der Waals surface area contributed by atoms with Crippen molar-refractivity contribution >= 4 is 0 Å². The van der Waals surface area contributed by atoms with Crippen LogP contribution in [0.5, 0.6) is 0 Å². The van der Waals surface area contributed by atoms with E-state index in [0.29, 0.717) is 0 Å². The minimum Gasteiger partial charge on any atom is -0.329 e. The summed E-state index contributed by atoms with van der Waals surface area (Å²) in [5.74, 6) is 0. The normalized spacial score (nSPS) is 15.2. The maximum absolute atomic E-state index is 6.11. The van der Waals surface area contributed by atoms with Crippen LogP contribution in [0.4, 0.5) is 0 Å². The quantitative estimate of drug-likeness (QED) is 0.597. The Morgan fingerprint density at radius 2 is 1.41 bits per heavy atom. The highest BCUT2D eigenvalue weighted by Crippen LogP contribution is 2.25. The van der Waals surface area contributed by atoms with E-state index in [1.807, 2.05) is 0 Å². The zero-order valence-corrected chi connectivity index (χ0v) is 12.6. The molecule has 17 heavy (non-hydrogen) atoms. The molecule has 0 fully saturated rings. The first-order chi connectivity index (χ1) is 8.20. The molecule has 0 aromatic rings. The highest BCUT2D eigenvalue weighted by Gasteiger charge is 2.31. The van der Waals surface area contributed by atoms with E-state index in [0.717, 1.165) is 6.54 Å². The number of unbranched alkanes of at least 4 members (excludes halogenated alkanes) is 2. The highest BCUT2D eigenvalue weighted by molar-refractivity contribution is 4.90. The SMILES string of the molecule is CCCCN(CCCC)C(CC)(CN)CCC. The van der Waals surface area contributed by atoms with E-state index in [4.69, 9.17) is 5.73 Å². The molecule has 0 saturated heterocycles. The minimum absolute atomic E-state index is 0.263. The fourth-order valence-corrected chi connectivity index (χ4v) is 2.68. The van der Waals surface area contributed by atoms with Crippen LogP contribution in [-0.2, 0) is 0 Å². The molecule has 104 valence electrons. The van der Waals surface area contributed by atoms with Crippen molar-refractivity contribution in [2.45, 2.75) is 78.2 Å². The second kappa shape index (κ2) is 9.90. The molecule has 0 rings (SSSR count). The van der Waals surface area contributed by atoms with Crippen LogP contribution >= 0.6 is 0 Å². The number of nitrogens with zero attached hydrogens (tertiary/aromatic N) is 1. The van der Waals surface area contributed by atoms with Crippen molar-refractivity contribution in [3.05, 3.63) is 0 Å². The first-order valence-electron chi connectivity index (χ1n) is 7.65. The lowest BCUT2D eigenvalue weighted by Gasteiger charge is -2.43. The Balaban J connectivity index is 4.64. The predicted molar refractivity (Wildman–Crippen MR) is 78.4 cm³/mol. The van der Waals surface area contributed by atoms with Gasteiger partial charge in [-0.15, -0.1) is 0 Å². The fourth-order valence-electron chi connectivity index (χ4n) is 2.68. The van der Waals surface area contributed by atoms with E-state index in [9.17, 15) is 0 Å². The van der Waals surface area contributed by atoms with Gasteiger partial charge in [0.2, 0.25) is 0 Å². The van der Waals surface area contributed by atoms with Crippen molar-refractivity contribution in [1.82, 2.24) is 4.90 Å². The van der Waals surface area contributed by atoms with Gasteiger partial charge in [0.1, 0.15) is 0 Å². The number of nitrogens with two attached hydrogens (primary N) is 1. The molecular weight excluding hydrogens is 208 g/mol. The maximum atomic E-state index is 6.11. The Morgan fingerprint density at radius 3 is 1.71 bits per heavy atom. The molecule has 0 saturated carbocycles. The van der Waals surface area contributed by atoms with Gasteiger partial charge in [-0.1, -0.05) is 47.0 Å². The van der Waals surface area contributed by atoms with Crippen LogP contribution in [0.2, 0.25) is 0 Å². The summed E-state index contributed by atoms with van der Waals surface area (Å²) in [7, 11) is 0. The zero-order chi connectivity index (χ0) is 13.1. The van der Waals surface area contributed by atoms with Crippen molar-refractivity contribution in [1.29, 1.82) is 0 Å². The van der Waals surface area contributed by atoms with E-state index >= 15 is 0 Å². The van der Waals surface area contributed by atoms with Crippen LogP contribution in [-0.4, -0.2) is 30.1 Å². The summed E-state index contributed by atoms with van der Waals surface area (Å²) in [6, 6.07) is 0. The molecule has 0 aliphatic carbocycles. The Hall–Kier alpha value is -0.0800. The smallest absolute Gasteiger partial charge is 0.0329 e. The Kier molecular flexibility index (Phi) is 9.85. The molecule has 0 bridgehead atoms. The van der Waals surface area contributed by atoms with Crippen molar-refractivity contribution in [3.8, 4) is 0 Å². The Morgan fingerprint density at radius 1 is 0.882 bits per heavy atom. The van der Waals surface area contributed by atoms with Gasteiger partial charge in [0.25, 0.3) is 0 Å². The molecule has 0 amide bonds. The predicted octanol–water partition coefficient (Wildman–Crippen LogP) is 3.80. The third-order valence-electron chi connectivity index (χ3n) is 3.99. The van der Waals surface area contributed by atoms with E-state index in [2.05, 4.69) is 32.6 Å². The van der Waals surface area contributed by atoms with Gasteiger partial charge < -0.3 is 5.73 Å². The molecule has 2 nitrogen and oxygen atoms in total. The maximum Gasteiger partial charge on any atom is 0.0329 e. The molecule has 1 atom stereocenters. The van der Waals surface area contributed by atoms with Crippen LogP contribution in [0.1, 0.15) is 72.6 Å². The van der Waals surface area contributed by atoms with E-state index < -0.39 is 0 Å². The van der Waals surface area contributed by atoms with Gasteiger partial charge in [-0.25, -0.2) is 0 Å². The Bertz CT molecular complexity index is 156. The van der Waals surface area contributed by atoms with E-state index in [1.54, 1.807) is 0 Å². The summed E-state index contributed by atoms with van der Waals surface area (Å²) in [5.41, 5.74) is 6.37. The molecule has 0 aliphatic heterocycles. The van der Waals surface area contributed by atoms with Crippen LogP contribution in [0, 0.1) is 0 Å². The topological polar surface area (TPSA) is 29.3 Å². The molecule has 0 spiro atoms. The first kappa shape index (κ1) is 16.9. The van der Waals surface area contributed by atoms with Gasteiger partial charge in [0.05, 0.1) is 0 Å². The standard InChI is InChI=1S/C15H34N2/c1-5-9-12-17(13-10-6-2)15(8-4,14-16)11-7-3/h5-14,16H2,1-4H3. The fraction of sp³-hybridized carbons (Fsp3) is 1.00. The van der Waals surface area contributed by atoms with E-state index in [1.165, 1.54) is 58.0 Å². The van der Waals surface area contributed by atoms with Crippen LogP contribution in [0.25, 0.3) is 0 Å². The number of hydrogen-bond donors (Lipinski definition) is 1. The third-order valence-corrected chi connectivity index (χ3v) is 3.99. The molecule has 0 aliphatic rings. The lowest BCUT2D eigenvalue weighted by molar-refractivity contribution is 0.0761. The van der Waals surface area contributed by atoms with Crippen LogP contribution < -0.4 is 5.73 Å². The number of hydrogen-bond acceptors (Lipinski definition) is 2. The van der Waals surface area contributed by atoms with E-state index in [-0.39, 0.29) is 5.54 Å². The molecule has 0 radical (unpaired) electrons. The summed E-state index contributed by atoms with van der Waals surface area (Å²) in [5, 5.41) is 0. The highest BCUT2D eigenvalue weighted by atomic mass is 15.2. The monoisotopic (exact) mass is 242 g/mol. The van der Waals surface area contributed by atoms with Crippen LogP contribution in [0.3, 0.4) is 0 Å². The zero-order valence-electron chi connectivity index (χ0n) is 12.6. The lowest BCUT2D eigenvalue weighted by atomic mass is 9.88. The van der Waals surface area contributed by atoms with Gasteiger partial charge in [-0.3, -0.25) is 4.90 Å². The van der Waals surface area contributed by atoms with Crippen molar-refractivity contribution in [3.63, 3.8) is 0 Å². The summed E-state index contributed by atoms with van der Waals surface area (Å²) in [6.45, 7) is 12.4. The molecule has 1 unspecified atom stereocenters. The molecular formula is C15H34N2. The Labute approximate surface area is 109 Å². The summed E-state index contributed by atoms with van der Waals surface area (Å²) >= 11 is 0. The second-order valence-corrected chi connectivity index (χ2v) is 5.23. The van der Waals surface area contributed by atoms with Gasteiger partial charge in [0, 0.05) is 12.1 Å². The molecule has 0 aromatic heterocycles. The van der Waals surface area contributed by atoms with Crippen molar-refractivity contribution < 1.29 is 0 Å². The second-order valence-electron chi connectivity index (χ2n) is 5.23. The van der Waals surface area contributed by atoms with Gasteiger partial charge in [-0.05, 0) is 38.8 Å². The third kappa shape index (κ3) is 5.39. The van der Waals surface area contributed by atoms with Crippen molar-refractivity contribution in [2.75, 3.05) is 19.6 Å². The summed E-state index contributed by atoms with van der Waals surface area (Å²) < 4.78 is 0. The molecule has 0 heterocycles. The average Bonchev–Trinajstić information content (AvgIpc) is 2.37. The first-order valence-corrected chi connectivity index (χ1v) is 7.65.